The van der Waals surface area contributed by atoms with Gasteiger partial charge in [0.25, 0.3) is 0 Å². The highest BCUT2D eigenvalue weighted by Crippen LogP contribution is 2.44. The Morgan fingerprint density at radius 1 is 1.08 bits per heavy atom. The predicted molar refractivity (Wildman–Crippen MR) is 102 cm³/mol. The standard InChI is InChI=1S/C22H24N2O/c1-11-6-12(2)19(13(3)7-11)16-8-14(4)20-21-17(24-22(20)25)9-15(5)23-18(21)10-16/h6-9,14,20H,10H2,1-5H3,(H,24,25). The maximum atomic E-state index is 12.6. The van der Waals surface area contributed by atoms with Gasteiger partial charge >= 0.3 is 0 Å². The highest BCUT2D eigenvalue weighted by atomic mass is 16.2. The number of anilines is 1. The number of hydrogen-bond acceptors (Lipinski definition) is 2. The van der Waals surface area contributed by atoms with Gasteiger partial charge in [-0.1, -0.05) is 30.7 Å². The monoisotopic (exact) mass is 332 g/mol. The quantitative estimate of drug-likeness (QED) is 0.827. The van der Waals surface area contributed by atoms with E-state index in [0.717, 1.165) is 29.1 Å². The van der Waals surface area contributed by atoms with Crippen LogP contribution in [0, 0.1) is 33.6 Å². The highest BCUT2D eigenvalue weighted by molar-refractivity contribution is 6.04. The van der Waals surface area contributed by atoms with E-state index in [2.05, 4.69) is 51.2 Å². The van der Waals surface area contributed by atoms with Crippen molar-refractivity contribution in [2.75, 3.05) is 5.32 Å². The van der Waals surface area contributed by atoms with Gasteiger partial charge < -0.3 is 5.32 Å². The molecular formula is C22H24N2O. The van der Waals surface area contributed by atoms with Gasteiger partial charge in [-0.05, 0) is 61.9 Å². The van der Waals surface area contributed by atoms with Crippen LogP contribution in [0.1, 0.15) is 52.0 Å². The van der Waals surface area contributed by atoms with Crippen LogP contribution < -0.4 is 5.32 Å². The van der Waals surface area contributed by atoms with Crippen LogP contribution in [0.15, 0.2) is 24.3 Å². The molecule has 2 atom stereocenters. The van der Waals surface area contributed by atoms with Gasteiger partial charge in [0, 0.05) is 23.4 Å². The lowest BCUT2D eigenvalue weighted by molar-refractivity contribution is -0.117. The number of nitrogens with zero attached hydrogens (tertiary/aromatic N) is 1. The molecule has 1 aliphatic carbocycles. The van der Waals surface area contributed by atoms with Crippen molar-refractivity contribution in [3.8, 4) is 0 Å². The average molecular weight is 332 g/mol. The van der Waals surface area contributed by atoms with Crippen molar-refractivity contribution < 1.29 is 4.79 Å². The molecule has 1 aromatic carbocycles. The Morgan fingerprint density at radius 3 is 2.44 bits per heavy atom. The summed E-state index contributed by atoms with van der Waals surface area (Å²) in [5.41, 5.74) is 10.6. The van der Waals surface area contributed by atoms with E-state index >= 15 is 0 Å². The maximum Gasteiger partial charge on any atom is 0.232 e. The van der Waals surface area contributed by atoms with E-state index in [1.807, 2.05) is 13.0 Å². The molecule has 1 aromatic heterocycles. The third kappa shape index (κ3) is 2.50. The summed E-state index contributed by atoms with van der Waals surface area (Å²) in [5, 5.41) is 3.05. The molecule has 0 radical (unpaired) electrons. The normalized spacial score (nSPS) is 21.5. The molecule has 3 nitrogen and oxygen atoms in total. The molecule has 25 heavy (non-hydrogen) atoms. The molecule has 0 saturated carbocycles. The second kappa shape index (κ2) is 5.55. The highest BCUT2D eigenvalue weighted by Gasteiger charge is 2.39. The summed E-state index contributed by atoms with van der Waals surface area (Å²) in [7, 11) is 0. The van der Waals surface area contributed by atoms with Crippen LogP contribution >= 0.6 is 0 Å². The largest absolute Gasteiger partial charge is 0.325 e. The third-order valence-corrected chi connectivity index (χ3v) is 5.46. The number of aryl methyl sites for hydroxylation is 4. The molecule has 4 rings (SSSR count). The maximum absolute atomic E-state index is 12.6. The zero-order chi connectivity index (χ0) is 17.9. The van der Waals surface area contributed by atoms with Crippen molar-refractivity contribution in [3.05, 3.63) is 63.5 Å². The first kappa shape index (κ1) is 16.1. The van der Waals surface area contributed by atoms with Crippen LogP contribution in [0.4, 0.5) is 5.69 Å². The molecule has 0 spiro atoms. The van der Waals surface area contributed by atoms with Gasteiger partial charge in [-0.25, -0.2) is 0 Å². The minimum atomic E-state index is -0.123. The molecule has 3 heteroatoms. The molecule has 1 N–H and O–H groups in total. The van der Waals surface area contributed by atoms with Gasteiger partial charge in [-0.2, -0.15) is 0 Å². The Hall–Kier alpha value is -2.42. The van der Waals surface area contributed by atoms with Gasteiger partial charge in [0.05, 0.1) is 11.6 Å². The Morgan fingerprint density at radius 2 is 1.76 bits per heavy atom. The molecule has 2 unspecified atom stereocenters. The predicted octanol–water partition coefficient (Wildman–Crippen LogP) is 4.63. The van der Waals surface area contributed by atoms with Crippen LogP contribution in [0.25, 0.3) is 5.57 Å². The molecule has 128 valence electrons. The van der Waals surface area contributed by atoms with Crippen molar-refractivity contribution in [2.45, 2.75) is 47.0 Å². The van der Waals surface area contributed by atoms with Gasteiger partial charge in [0.1, 0.15) is 0 Å². The zero-order valence-corrected chi connectivity index (χ0v) is 15.5. The Bertz CT molecular complexity index is 916. The van der Waals surface area contributed by atoms with Crippen molar-refractivity contribution in [2.24, 2.45) is 5.92 Å². The van der Waals surface area contributed by atoms with E-state index < -0.39 is 0 Å². The smallest absolute Gasteiger partial charge is 0.232 e. The van der Waals surface area contributed by atoms with Crippen LogP contribution in [0.5, 0.6) is 0 Å². The van der Waals surface area contributed by atoms with Crippen molar-refractivity contribution in [3.63, 3.8) is 0 Å². The van der Waals surface area contributed by atoms with Crippen molar-refractivity contribution in [1.82, 2.24) is 4.98 Å². The summed E-state index contributed by atoms with van der Waals surface area (Å²) in [6, 6.07) is 6.48. The number of rotatable bonds is 1. The minimum absolute atomic E-state index is 0.103. The van der Waals surface area contributed by atoms with Gasteiger partial charge in [0.2, 0.25) is 5.91 Å². The molecule has 0 bridgehead atoms. The summed E-state index contributed by atoms with van der Waals surface area (Å²) in [4.78, 5) is 17.4. The molecule has 0 saturated heterocycles. The lowest BCUT2D eigenvalue weighted by Gasteiger charge is -2.16. The Labute approximate surface area is 149 Å². The lowest BCUT2D eigenvalue weighted by atomic mass is 9.87. The lowest BCUT2D eigenvalue weighted by Crippen LogP contribution is -2.17. The van der Waals surface area contributed by atoms with E-state index in [9.17, 15) is 4.79 Å². The summed E-state index contributed by atoms with van der Waals surface area (Å²) < 4.78 is 0. The summed E-state index contributed by atoms with van der Waals surface area (Å²) in [6.45, 7) is 10.6. The fraction of sp³-hybridized carbons (Fsp3) is 0.364. The van der Waals surface area contributed by atoms with Crippen molar-refractivity contribution >= 4 is 17.2 Å². The topological polar surface area (TPSA) is 42.0 Å². The van der Waals surface area contributed by atoms with Gasteiger partial charge in [-0.15, -0.1) is 0 Å². The molecule has 2 heterocycles. The summed E-state index contributed by atoms with van der Waals surface area (Å²) in [6.07, 6.45) is 3.07. The van der Waals surface area contributed by atoms with E-state index in [0.29, 0.717) is 0 Å². The number of nitrogens with one attached hydrogen (secondary N) is 1. The van der Waals surface area contributed by atoms with E-state index in [1.165, 1.54) is 27.8 Å². The first-order valence-corrected chi connectivity index (χ1v) is 8.95. The van der Waals surface area contributed by atoms with Crippen LogP contribution in [-0.2, 0) is 11.2 Å². The van der Waals surface area contributed by atoms with Crippen LogP contribution in [0.3, 0.4) is 0 Å². The Kier molecular flexibility index (Phi) is 3.57. The summed E-state index contributed by atoms with van der Waals surface area (Å²) in [5.74, 6) is 0.134. The first-order chi connectivity index (χ1) is 11.8. The first-order valence-electron chi connectivity index (χ1n) is 8.95. The molecule has 2 aromatic rings. The number of pyridine rings is 1. The van der Waals surface area contributed by atoms with Gasteiger partial charge in [0.15, 0.2) is 0 Å². The molecule has 1 amide bonds. The number of amides is 1. The third-order valence-electron chi connectivity index (χ3n) is 5.46. The Balaban J connectivity index is 1.92. The van der Waals surface area contributed by atoms with Gasteiger partial charge in [-0.3, -0.25) is 9.78 Å². The fourth-order valence-corrected chi connectivity index (χ4v) is 4.69. The number of hydrogen-bond donors (Lipinski definition) is 1. The number of carbonyl (C=O) groups excluding carboxylic acids is 1. The zero-order valence-electron chi connectivity index (χ0n) is 15.5. The SMILES string of the molecule is Cc1cc(C)c(C2=CC(C)C3C(=O)Nc4cc(C)nc(c43)C2)c(C)c1. The van der Waals surface area contributed by atoms with E-state index in [-0.39, 0.29) is 17.7 Å². The van der Waals surface area contributed by atoms with E-state index in [4.69, 9.17) is 4.98 Å². The van der Waals surface area contributed by atoms with E-state index in [1.54, 1.807) is 0 Å². The minimum Gasteiger partial charge on any atom is -0.325 e. The van der Waals surface area contributed by atoms with Crippen molar-refractivity contribution in [1.29, 1.82) is 0 Å². The molecule has 1 aliphatic heterocycles. The molecule has 2 aliphatic rings. The second-order valence-electron chi connectivity index (χ2n) is 7.64. The van der Waals surface area contributed by atoms with Crippen LogP contribution in [0.2, 0.25) is 0 Å². The molecular weight excluding hydrogens is 308 g/mol. The fourth-order valence-electron chi connectivity index (χ4n) is 4.69. The number of carbonyl (C=O) groups is 1. The second-order valence-corrected chi connectivity index (χ2v) is 7.64. The number of allylic oxidation sites excluding steroid dienone is 2. The number of aromatic nitrogens is 1. The average Bonchev–Trinajstić information content (AvgIpc) is 2.73. The molecule has 0 fully saturated rings. The number of benzene rings is 1. The van der Waals surface area contributed by atoms with Crippen LogP contribution in [-0.4, -0.2) is 10.9 Å². The summed E-state index contributed by atoms with van der Waals surface area (Å²) >= 11 is 0.